The van der Waals surface area contributed by atoms with Crippen molar-refractivity contribution < 1.29 is 14.6 Å². The molecule has 1 amide bonds. The molecule has 1 N–H and O–H groups in total. The largest absolute Gasteiger partial charge is 0.496 e. The van der Waals surface area contributed by atoms with Crippen LogP contribution in [0.2, 0.25) is 10.0 Å². The summed E-state index contributed by atoms with van der Waals surface area (Å²) in [4.78, 5) is 17.1. The number of nitrogens with zero attached hydrogens (tertiary/aromatic N) is 3. The molecule has 0 saturated heterocycles. The van der Waals surface area contributed by atoms with E-state index in [-0.39, 0.29) is 0 Å². The van der Waals surface area contributed by atoms with Gasteiger partial charge in [0.2, 0.25) is 0 Å². The average molecular weight is 404 g/mol. The summed E-state index contributed by atoms with van der Waals surface area (Å²) in [6.45, 7) is 0.707. The van der Waals surface area contributed by atoms with Crippen molar-refractivity contribution in [3.63, 3.8) is 0 Å². The number of halogens is 2. The highest BCUT2D eigenvalue weighted by atomic mass is 35.5. The summed E-state index contributed by atoms with van der Waals surface area (Å²) >= 11 is 12.6. The summed E-state index contributed by atoms with van der Waals surface area (Å²) < 4.78 is 7.31. The van der Waals surface area contributed by atoms with Crippen molar-refractivity contribution in [2.75, 3.05) is 20.2 Å². The lowest BCUT2D eigenvalue weighted by Gasteiger charge is -2.12. The molecule has 0 spiro atoms. The van der Waals surface area contributed by atoms with Crippen LogP contribution in [0, 0.1) is 0 Å². The third kappa shape index (κ3) is 3.11. The van der Waals surface area contributed by atoms with E-state index in [1.165, 1.54) is 4.90 Å². The summed E-state index contributed by atoms with van der Waals surface area (Å²) in [6.07, 6.45) is 4.71. The molecule has 1 aromatic carbocycles. The Bertz CT molecular complexity index is 1090. The van der Waals surface area contributed by atoms with Crippen LogP contribution >= 0.6 is 23.2 Å². The highest BCUT2D eigenvalue weighted by molar-refractivity contribution is 6.44. The summed E-state index contributed by atoms with van der Waals surface area (Å²) in [6, 6.07) is 7.27. The molecule has 2 aromatic heterocycles. The number of ether oxygens (including phenoxy) is 1. The number of hydrogen-bond acceptors (Lipinski definition) is 3. The highest BCUT2D eigenvalue weighted by Gasteiger charge is 2.21. The minimum absolute atomic E-state index is 0.333. The first-order chi connectivity index (χ1) is 13.0. The zero-order chi connectivity index (χ0) is 19.1. The van der Waals surface area contributed by atoms with E-state index >= 15 is 0 Å². The predicted molar refractivity (Wildman–Crippen MR) is 105 cm³/mol. The molecule has 1 aliphatic rings. The lowest BCUT2D eigenvalue weighted by atomic mass is 10.1. The van der Waals surface area contributed by atoms with Crippen molar-refractivity contribution >= 4 is 40.5 Å². The van der Waals surface area contributed by atoms with Gasteiger partial charge in [-0.1, -0.05) is 29.3 Å². The Balaban J connectivity index is 1.75. The number of pyridine rings is 1. The minimum Gasteiger partial charge on any atom is -0.496 e. The van der Waals surface area contributed by atoms with Gasteiger partial charge in [-0.3, -0.25) is 0 Å². The van der Waals surface area contributed by atoms with Gasteiger partial charge < -0.3 is 19.1 Å². The van der Waals surface area contributed by atoms with Crippen LogP contribution in [0.1, 0.15) is 5.69 Å². The number of aromatic nitrogens is 2. The molecule has 0 radical (unpaired) electrons. The fourth-order valence-corrected chi connectivity index (χ4v) is 3.57. The van der Waals surface area contributed by atoms with Gasteiger partial charge in [0.15, 0.2) is 0 Å². The first-order valence-electron chi connectivity index (χ1n) is 8.16. The van der Waals surface area contributed by atoms with Gasteiger partial charge in [0.25, 0.3) is 0 Å². The second kappa shape index (κ2) is 6.79. The van der Waals surface area contributed by atoms with Gasteiger partial charge in [0, 0.05) is 24.5 Å². The van der Waals surface area contributed by atoms with Crippen LogP contribution in [0.3, 0.4) is 0 Å². The van der Waals surface area contributed by atoms with Crippen molar-refractivity contribution in [1.29, 1.82) is 0 Å². The molecule has 4 rings (SSSR count). The zero-order valence-corrected chi connectivity index (χ0v) is 15.8. The van der Waals surface area contributed by atoms with E-state index in [1.807, 2.05) is 35.0 Å². The van der Waals surface area contributed by atoms with Crippen LogP contribution in [0.15, 0.2) is 42.7 Å². The topological polar surface area (TPSA) is 67.1 Å². The molecule has 138 valence electrons. The fraction of sp³-hybridized carbons (Fsp3) is 0.158. The third-order valence-electron chi connectivity index (χ3n) is 4.54. The fourth-order valence-electron chi connectivity index (χ4n) is 3.15. The summed E-state index contributed by atoms with van der Waals surface area (Å²) in [5, 5.41) is 9.97. The molecular formula is C19H15Cl2N3O3. The Kier molecular flexibility index (Phi) is 4.45. The molecule has 3 aromatic rings. The van der Waals surface area contributed by atoms with Crippen molar-refractivity contribution in [3.8, 4) is 16.9 Å². The maximum atomic E-state index is 11.1. The summed E-state index contributed by atoms with van der Waals surface area (Å²) in [7, 11) is 1.58. The molecule has 6 nitrogen and oxygen atoms in total. The number of carbonyl (C=O) groups is 1. The second-order valence-electron chi connectivity index (χ2n) is 6.14. The van der Waals surface area contributed by atoms with E-state index in [0.717, 1.165) is 22.5 Å². The molecule has 0 fully saturated rings. The van der Waals surface area contributed by atoms with Gasteiger partial charge in [-0.05, 0) is 35.4 Å². The number of carboxylic acid groups (broad SMARTS) is 1. The van der Waals surface area contributed by atoms with Crippen LogP contribution in [-0.2, 0) is 0 Å². The minimum atomic E-state index is -0.935. The van der Waals surface area contributed by atoms with E-state index in [0.29, 0.717) is 34.4 Å². The van der Waals surface area contributed by atoms with Crippen molar-refractivity contribution in [2.45, 2.75) is 0 Å². The lowest BCUT2D eigenvalue weighted by Crippen LogP contribution is -2.26. The maximum Gasteiger partial charge on any atom is 0.407 e. The van der Waals surface area contributed by atoms with E-state index in [9.17, 15) is 4.79 Å². The molecule has 1 aliphatic heterocycles. The van der Waals surface area contributed by atoms with Crippen LogP contribution in [0.25, 0.3) is 22.3 Å². The number of methoxy groups -OCH3 is 1. The molecule has 0 aliphatic carbocycles. The molecule has 27 heavy (non-hydrogen) atoms. The Hall–Kier alpha value is -2.70. The Labute approximate surface area is 165 Å². The predicted octanol–water partition coefficient (Wildman–Crippen LogP) is 4.69. The smallest absolute Gasteiger partial charge is 0.407 e. The Morgan fingerprint density at radius 2 is 2.11 bits per heavy atom. The van der Waals surface area contributed by atoms with Gasteiger partial charge in [-0.15, -0.1) is 0 Å². The van der Waals surface area contributed by atoms with E-state index < -0.39 is 6.09 Å². The van der Waals surface area contributed by atoms with Crippen LogP contribution in [-0.4, -0.2) is 45.7 Å². The van der Waals surface area contributed by atoms with E-state index in [2.05, 4.69) is 4.98 Å². The van der Waals surface area contributed by atoms with Gasteiger partial charge >= 0.3 is 6.09 Å². The van der Waals surface area contributed by atoms with Gasteiger partial charge in [-0.25, -0.2) is 9.78 Å². The van der Waals surface area contributed by atoms with Gasteiger partial charge in [-0.2, -0.15) is 0 Å². The molecule has 0 bridgehead atoms. The van der Waals surface area contributed by atoms with Crippen LogP contribution in [0.5, 0.6) is 5.75 Å². The molecule has 3 heterocycles. The van der Waals surface area contributed by atoms with Crippen LogP contribution < -0.4 is 4.74 Å². The molecular weight excluding hydrogens is 389 g/mol. The SMILES string of the molecule is COc1ccc(Cl)c(Cl)c1-c1ccn2cc(C3=CCN(C(=O)O)C3)nc2c1. The first-order valence-corrected chi connectivity index (χ1v) is 8.92. The van der Waals surface area contributed by atoms with Crippen molar-refractivity contribution in [3.05, 3.63) is 58.5 Å². The summed E-state index contributed by atoms with van der Waals surface area (Å²) in [5.41, 5.74) is 3.89. The standard InChI is InChI=1S/C19H15Cl2N3O3/c1-27-15-3-2-13(20)18(21)17(15)11-4-6-23-10-14(22-16(23)8-11)12-5-7-24(9-12)19(25)26/h2-6,8,10H,7,9H2,1H3,(H,25,26). The Morgan fingerprint density at radius 3 is 2.81 bits per heavy atom. The molecule has 8 heteroatoms. The van der Waals surface area contributed by atoms with E-state index in [1.54, 1.807) is 19.2 Å². The zero-order valence-electron chi connectivity index (χ0n) is 14.3. The van der Waals surface area contributed by atoms with Crippen molar-refractivity contribution in [2.24, 2.45) is 0 Å². The molecule has 0 saturated carbocycles. The average Bonchev–Trinajstić information content (AvgIpc) is 3.29. The third-order valence-corrected chi connectivity index (χ3v) is 5.35. The number of fused-ring (bicyclic) bond motifs is 1. The number of rotatable bonds is 3. The normalized spacial score (nSPS) is 13.9. The lowest BCUT2D eigenvalue weighted by molar-refractivity contribution is 0.158. The number of hydrogen-bond donors (Lipinski definition) is 1. The van der Waals surface area contributed by atoms with Crippen LogP contribution in [0.4, 0.5) is 4.79 Å². The second-order valence-corrected chi connectivity index (χ2v) is 6.92. The van der Waals surface area contributed by atoms with Gasteiger partial charge in [0.1, 0.15) is 11.4 Å². The monoisotopic (exact) mass is 403 g/mol. The molecule has 0 atom stereocenters. The first kappa shape index (κ1) is 17.7. The number of imidazole rings is 1. The number of benzene rings is 1. The highest BCUT2D eigenvalue weighted by Crippen LogP contribution is 2.41. The van der Waals surface area contributed by atoms with Gasteiger partial charge in [0.05, 0.1) is 29.4 Å². The molecule has 0 unspecified atom stereocenters. The Morgan fingerprint density at radius 1 is 1.30 bits per heavy atom. The quantitative estimate of drug-likeness (QED) is 0.688. The summed E-state index contributed by atoms with van der Waals surface area (Å²) in [5.74, 6) is 0.621. The number of amides is 1. The van der Waals surface area contributed by atoms with Crippen molar-refractivity contribution in [1.82, 2.24) is 14.3 Å². The maximum absolute atomic E-state index is 11.1. The van der Waals surface area contributed by atoms with E-state index in [4.69, 9.17) is 33.0 Å².